The number of amides is 2. The number of ether oxygens (including phenoxy) is 2. The maximum absolute atomic E-state index is 13.4. The van der Waals surface area contributed by atoms with E-state index in [9.17, 15) is 9.18 Å². The normalized spacial score (nSPS) is 14.9. The summed E-state index contributed by atoms with van der Waals surface area (Å²) in [6, 6.07) is 17.0. The molecule has 1 aromatic heterocycles. The molecular weight excluding hydrogens is 385 g/mol. The highest BCUT2D eigenvalue weighted by atomic mass is 19.1. The predicted molar refractivity (Wildman–Crippen MR) is 110 cm³/mol. The fourth-order valence-corrected chi connectivity index (χ4v) is 3.29. The lowest BCUT2D eigenvalue weighted by Gasteiger charge is -2.25. The van der Waals surface area contributed by atoms with Crippen LogP contribution in [0.3, 0.4) is 0 Å². The number of hydrogen-bond donors (Lipinski definition) is 2. The number of nitrogens with zero attached hydrogens (tertiary/aromatic N) is 1. The van der Waals surface area contributed by atoms with Crippen LogP contribution in [0.4, 0.5) is 9.18 Å². The minimum absolute atomic E-state index is 0.218. The van der Waals surface area contributed by atoms with Gasteiger partial charge in [0, 0.05) is 36.8 Å². The molecule has 0 fully saturated rings. The highest BCUT2D eigenvalue weighted by Gasteiger charge is 2.20. The van der Waals surface area contributed by atoms with Crippen LogP contribution in [0.25, 0.3) is 0 Å². The van der Waals surface area contributed by atoms with Gasteiger partial charge in [-0.3, -0.25) is 0 Å². The minimum atomic E-state index is -0.392. The van der Waals surface area contributed by atoms with Crippen molar-refractivity contribution in [3.8, 4) is 17.4 Å². The van der Waals surface area contributed by atoms with E-state index in [1.165, 1.54) is 12.1 Å². The van der Waals surface area contributed by atoms with Gasteiger partial charge in [0.05, 0.1) is 6.61 Å². The van der Waals surface area contributed by atoms with Crippen molar-refractivity contribution in [3.05, 3.63) is 83.8 Å². The van der Waals surface area contributed by atoms with Gasteiger partial charge in [0.15, 0.2) is 0 Å². The number of aromatic nitrogens is 1. The van der Waals surface area contributed by atoms with Crippen LogP contribution in [0.1, 0.15) is 11.1 Å². The number of carbonyl (C=O) groups excluding carboxylic acids is 1. The summed E-state index contributed by atoms with van der Waals surface area (Å²) in [5.74, 6) is 1.41. The van der Waals surface area contributed by atoms with Gasteiger partial charge in [0.25, 0.3) is 0 Å². The van der Waals surface area contributed by atoms with Gasteiger partial charge in [-0.15, -0.1) is 0 Å². The third-order valence-corrected chi connectivity index (χ3v) is 4.81. The van der Waals surface area contributed by atoms with E-state index in [1.54, 1.807) is 30.5 Å². The van der Waals surface area contributed by atoms with Crippen molar-refractivity contribution in [2.45, 2.75) is 13.0 Å². The fourth-order valence-electron chi connectivity index (χ4n) is 3.29. The van der Waals surface area contributed by atoms with E-state index in [0.29, 0.717) is 30.3 Å². The Morgan fingerprint density at radius 2 is 2.03 bits per heavy atom. The summed E-state index contributed by atoms with van der Waals surface area (Å²) in [7, 11) is 0. The summed E-state index contributed by atoms with van der Waals surface area (Å²) in [5.41, 5.74) is 1.84. The number of urea groups is 1. The molecule has 1 atom stereocenters. The average Bonchev–Trinajstić information content (AvgIpc) is 2.77. The molecule has 30 heavy (non-hydrogen) atoms. The topological polar surface area (TPSA) is 72.5 Å². The number of rotatable bonds is 6. The van der Waals surface area contributed by atoms with Gasteiger partial charge >= 0.3 is 6.03 Å². The number of para-hydroxylation sites is 1. The summed E-state index contributed by atoms with van der Waals surface area (Å²) in [6.07, 6.45) is 2.45. The van der Waals surface area contributed by atoms with Crippen molar-refractivity contribution >= 4 is 6.03 Å². The van der Waals surface area contributed by atoms with Gasteiger partial charge in [-0.05, 0) is 36.2 Å². The molecule has 4 rings (SSSR count). The van der Waals surface area contributed by atoms with Crippen LogP contribution in [-0.4, -0.2) is 24.2 Å². The van der Waals surface area contributed by atoms with Gasteiger partial charge in [-0.25, -0.2) is 14.2 Å². The smallest absolute Gasteiger partial charge is 0.315 e. The second kappa shape index (κ2) is 9.26. The summed E-state index contributed by atoms with van der Waals surface area (Å²) < 4.78 is 24.8. The zero-order valence-corrected chi connectivity index (χ0v) is 16.3. The largest absolute Gasteiger partial charge is 0.493 e. The number of carbonyl (C=O) groups is 1. The Labute approximate surface area is 174 Å². The van der Waals surface area contributed by atoms with Gasteiger partial charge < -0.3 is 20.1 Å². The van der Waals surface area contributed by atoms with E-state index >= 15 is 0 Å². The van der Waals surface area contributed by atoms with Gasteiger partial charge in [-0.2, -0.15) is 0 Å². The molecule has 1 aliphatic rings. The molecule has 0 saturated heterocycles. The summed E-state index contributed by atoms with van der Waals surface area (Å²) in [4.78, 5) is 16.4. The molecule has 7 heteroatoms. The Hall–Kier alpha value is -3.61. The minimum Gasteiger partial charge on any atom is -0.493 e. The van der Waals surface area contributed by atoms with Crippen LogP contribution >= 0.6 is 0 Å². The molecule has 0 aliphatic carbocycles. The number of fused-ring (bicyclic) bond motifs is 1. The first-order valence-corrected chi connectivity index (χ1v) is 9.77. The molecule has 0 spiro atoms. The maximum Gasteiger partial charge on any atom is 0.315 e. The van der Waals surface area contributed by atoms with E-state index in [0.717, 1.165) is 17.7 Å². The Bertz CT molecular complexity index is 1030. The van der Waals surface area contributed by atoms with Crippen molar-refractivity contribution < 1.29 is 18.7 Å². The van der Waals surface area contributed by atoms with Crippen LogP contribution in [-0.2, 0) is 13.0 Å². The van der Waals surface area contributed by atoms with Crippen molar-refractivity contribution in [3.63, 3.8) is 0 Å². The lowest BCUT2D eigenvalue weighted by Crippen LogP contribution is -2.40. The molecule has 0 saturated carbocycles. The lowest BCUT2D eigenvalue weighted by atomic mass is 9.97. The molecule has 1 aliphatic heterocycles. The first-order valence-electron chi connectivity index (χ1n) is 9.77. The Balaban J connectivity index is 1.28. The molecule has 2 aromatic carbocycles. The van der Waals surface area contributed by atoms with Crippen LogP contribution in [0.15, 0.2) is 66.9 Å². The van der Waals surface area contributed by atoms with E-state index in [2.05, 4.69) is 15.6 Å². The summed E-state index contributed by atoms with van der Waals surface area (Å²) in [6.45, 7) is 1.32. The van der Waals surface area contributed by atoms with Crippen LogP contribution in [0.5, 0.6) is 17.4 Å². The van der Waals surface area contributed by atoms with Crippen molar-refractivity contribution in [2.24, 2.45) is 5.92 Å². The Kier molecular flexibility index (Phi) is 6.08. The quantitative estimate of drug-likeness (QED) is 0.646. The molecule has 0 radical (unpaired) electrons. The standard InChI is InChI=1S/C23H22FN3O3/c24-19-7-3-8-20(12-19)30-22-18(6-4-10-25-22)14-27-23(28)26-13-16-11-17-5-1-2-9-21(17)29-15-16/h1-10,12,16H,11,13-15H2,(H2,26,27,28). The zero-order chi connectivity index (χ0) is 20.8. The molecule has 6 nitrogen and oxygen atoms in total. The molecule has 1 unspecified atom stereocenters. The van der Waals surface area contributed by atoms with Crippen LogP contribution < -0.4 is 20.1 Å². The van der Waals surface area contributed by atoms with Crippen LogP contribution in [0, 0.1) is 11.7 Å². The van der Waals surface area contributed by atoms with E-state index in [-0.39, 0.29) is 18.5 Å². The molecule has 0 bridgehead atoms. The zero-order valence-electron chi connectivity index (χ0n) is 16.3. The molecule has 2 amide bonds. The average molecular weight is 407 g/mol. The molecule has 2 N–H and O–H groups in total. The van der Waals surface area contributed by atoms with Gasteiger partial charge in [-0.1, -0.05) is 30.3 Å². The number of hydrogen-bond acceptors (Lipinski definition) is 4. The number of pyridine rings is 1. The second-order valence-electron chi connectivity index (χ2n) is 7.08. The van der Waals surface area contributed by atoms with Crippen LogP contribution in [0.2, 0.25) is 0 Å². The highest BCUT2D eigenvalue weighted by Crippen LogP contribution is 2.26. The SMILES string of the molecule is O=C(NCc1cccnc1Oc1cccc(F)c1)NCC1COc2ccccc2C1. The Morgan fingerprint density at radius 1 is 1.13 bits per heavy atom. The van der Waals surface area contributed by atoms with Gasteiger partial charge in [0.1, 0.15) is 17.3 Å². The molecular formula is C23H22FN3O3. The Morgan fingerprint density at radius 3 is 2.93 bits per heavy atom. The molecule has 3 aromatic rings. The lowest BCUT2D eigenvalue weighted by molar-refractivity contribution is 0.211. The predicted octanol–water partition coefficient (Wildman–Crippen LogP) is 4.06. The third kappa shape index (κ3) is 5.05. The van der Waals surface area contributed by atoms with Crippen molar-refractivity contribution in [1.82, 2.24) is 15.6 Å². The number of halogens is 1. The van der Waals surface area contributed by atoms with Crippen molar-refractivity contribution in [1.29, 1.82) is 0 Å². The van der Waals surface area contributed by atoms with E-state index in [1.807, 2.05) is 24.3 Å². The summed E-state index contributed by atoms with van der Waals surface area (Å²) >= 11 is 0. The number of benzene rings is 2. The molecule has 154 valence electrons. The highest BCUT2D eigenvalue weighted by molar-refractivity contribution is 5.73. The first-order chi connectivity index (χ1) is 14.7. The molecule has 2 heterocycles. The summed E-state index contributed by atoms with van der Waals surface area (Å²) in [5, 5.41) is 5.70. The van der Waals surface area contributed by atoms with Gasteiger partial charge in [0.2, 0.25) is 5.88 Å². The monoisotopic (exact) mass is 407 g/mol. The first kappa shape index (κ1) is 19.7. The third-order valence-electron chi connectivity index (χ3n) is 4.81. The fraction of sp³-hybridized carbons (Fsp3) is 0.217. The van der Waals surface area contributed by atoms with E-state index < -0.39 is 5.82 Å². The maximum atomic E-state index is 13.4. The second-order valence-corrected chi connectivity index (χ2v) is 7.08. The number of nitrogens with one attached hydrogen (secondary N) is 2. The van der Waals surface area contributed by atoms with Crippen molar-refractivity contribution in [2.75, 3.05) is 13.2 Å². The van der Waals surface area contributed by atoms with E-state index in [4.69, 9.17) is 9.47 Å².